The van der Waals surface area contributed by atoms with E-state index in [1.807, 2.05) is 18.2 Å². The summed E-state index contributed by atoms with van der Waals surface area (Å²) in [6, 6.07) is 9.13. The van der Waals surface area contributed by atoms with Crippen LogP contribution in [-0.2, 0) is 0 Å². The number of phenolic OH excluding ortho intramolecular Hbond substituents is 1. The van der Waals surface area contributed by atoms with Gasteiger partial charge < -0.3 is 5.11 Å². The Bertz CT molecular complexity index is 389. The molecular formula is C9H7AlEuNO. The molecule has 1 aromatic carbocycles. The monoisotopic (exact) mass is 325 g/mol. The number of para-hydroxylation sites is 1. The first-order valence-corrected chi connectivity index (χ1v) is 3.40. The molecule has 2 rings (SSSR count). The summed E-state index contributed by atoms with van der Waals surface area (Å²) in [4.78, 5) is 4.03. The summed E-state index contributed by atoms with van der Waals surface area (Å²) in [6.45, 7) is 0. The maximum Gasteiger partial charge on any atom is 0.141 e. The molecule has 0 amide bonds. The largest absolute Gasteiger partial charge is 0.506 e. The number of hydrogen-bond donors (Lipinski definition) is 1. The van der Waals surface area contributed by atoms with E-state index in [9.17, 15) is 5.11 Å². The molecule has 0 saturated heterocycles. The number of rotatable bonds is 0. The van der Waals surface area contributed by atoms with Crippen LogP contribution in [0.1, 0.15) is 0 Å². The summed E-state index contributed by atoms with van der Waals surface area (Å²) in [5.41, 5.74) is 0.662. The number of pyridine rings is 1. The van der Waals surface area contributed by atoms with Gasteiger partial charge in [0.25, 0.3) is 0 Å². The van der Waals surface area contributed by atoms with Crippen molar-refractivity contribution in [2.24, 2.45) is 0 Å². The van der Waals surface area contributed by atoms with E-state index >= 15 is 0 Å². The molecule has 0 spiro atoms. The molecule has 4 heteroatoms. The van der Waals surface area contributed by atoms with Gasteiger partial charge in [-0.2, -0.15) is 0 Å². The van der Waals surface area contributed by atoms with Crippen molar-refractivity contribution in [3.05, 3.63) is 36.5 Å². The fraction of sp³-hybridized carbons (Fsp3) is 0. The first-order chi connectivity index (χ1) is 5.38. The molecule has 0 bridgehead atoms. The molecule has 1 aromatic heterocycles. The van der Waals surface area contributed by atoms with Crippen molar-refractivity contribution in [2.45, 2.75) is 0 Å². The summed E-state index contributed by atoms with van der Waals surface area (Å²) in [5.74, 6) is 0.239. The Labute approximate surface area is 128 Å². The second-order valence-electron chi connectivity index (χ2n) is 2.35. The van der Waals surface area contributed by atoms with Crippen molar-refractivity contribution >= 4 is 28.3 Å². The molecule has 0 saturated carbocycles. The third kappa shape index (κ3) is 3.01. The Morgan fingerprint density at radius 1 is 1.08 bits per heavy atom. The van der Waals surface area contributed by atoms with E-state index < -0.39 is 0 Å². The maximum absolute atomic E-state index is 9.31. The molecule has 1 N–H and O–H groups in total. The van der Waals surface area contributed by atoms with E-state index in [0.717, 1.165) is 5.39 Å². The topological polar surface area (TPSA) is 33.1 Å². The number of aromatic nitrogens is 1. The van der Waals surface area contributed by atoms with Gasteiger partial charge in [-0.15, -0.1) is 0 Å². The van der Waals surface area contributed by atoms with Gasteiger partial charge in [0.2, 0.25) is 0 Å². The number of phenols is 1. The summed E-state index contributed by atoms with van der Waals surface area (Å²) in [6.07, 6.45) is 1.67. The molecule has 0 atom stereocenters. The summed E-state index contributed by atoms with van der Waals surface area (Å²) < 4.78 is 0. The summed E-state index contributed by atoms with van der Waals surface area (Å²) in [7, 11) is 0. The van der Waals surface area contributed by atoms with Gasteiger partial charge in [-0.05, 0) is 12.1 Å². The summed E-state index contributed by atoms with van der Waals surface area (Å²) >= 11 is 0. The van der Waals surface area contributed by atoms with Gasteiger partial charge in [-0.3, -0.25) is 4.98 Å². The zero-order valence-corrected chi connectivity index (χ0v) is 10.4. The molecule has 0 fully saturated rings. The molecule has 13 heavy (non-hydrogen) atoms. The molecular weight excluding hydrogens is 317 g/mol. The van der Waals surface area contributed by atoms with Crippen molar-refractivity contribution in [3.63, 3.8) is 0 Å². The summed E-state index contributed by atoms with van der Waals surface area (Å²) in [5, 5.41) is 10.3. The Hall–Kier alpha value is 0.547. The molecule has 0 aliphatic rings. The molecule has 0 unspecified atom stereocenters. The van der Waals surface area contributed by atoms with E-state index in [-0.39, 0.29) is 72.5 Å². The molecule has 2 aromatic rings. The average Bonchev–Trinajstić information content (AvgIpc) is 2.06. The third-order valence-corrected chi connectivity index (χ3v) is 1.61. The second kappa shape index (κ2) is 6.11. The Morgan fingerprint density at radius 2 is 1.77 bits per heavy atom. The molecule has 2 nitrogen and oxygen atoms in total. The number of hydrogen-bond acceptors (Lipinski definition) is 2. The number of nitrogens with zero attached hydrogens (tertiary/aromatic N) is 1. The quantitative estimate of drug-likeness (QED) is 0.746. The van der Waals surface area contributed by atoms with Crippen LogP contribution in [0, 0.1) is 49.4 Å². The Kier molecular flexibility index (Phi) is 6.37. The van der Waals surface area contributed by atoms with Crippen LogP contribution in [0.25, 0.3) is 10.9 Å². The van der Waals surface area contributed by atoms with Crippen LogP contribution in [0.4, 0.5) is 0 Å². The van der Waals surface area contributed by atoms with Gasteiger partial charge in [-0.25, -0.2) is 0 Å². The first-order valence-electron chi connectivity index (χ1n) is 3.40. The van der Waals surface area contributed by atoms with E-state index in [2.05, 4.69) is 4.98 Å². The molecule has 4 radical (unpaired) electrons. The van der Waals surface area contributed by atoms with Crippen molar-refractivity contribution in [3.8, 4) is 5.75 Å². The van der Waals surface area contributed by atoms with Gasteiger partial charge >= 0.3 is 0 Å². The molecule has 1 heterocycles. The van der Waals surface area contributed by atoms with Crippen LogP contribution in [0.3, 0.4) is 0 Å². The van der Waals surface area contributed by atoms with E-state index in [1.54, 1.807) is 18.3 Å². The Morgan fingerprint density at radius 3 is 2.46 bits per heavy atom. The second-order valence-corrected chi connectivity index (χ2v) is 2.35. The average molecular weight is 324 g/mol. The first kappa shape index (κ1) is 13.5. The van der Waals surface area contributed by atoms with Crippen LogP contribution in [0.15, 0.2) is 36.5 Å². The molecule has 0 aliphatic carbocycles. The van der Waals surface area contributed by atoms with Gasteiger partial charge in [0.15, 0.2) is 0 Å². The van der Waals surface area contributed by atoms with E-state index in [0.29, 0.717) is 5.52 Å². The van der Waals surface area contributed by atoms with Crippen LogP contribution in [-0.4, -0.2) is 27.5 Å². The van der Waals surface area contributed by atoms with Gasteiger partial charge in [-0.1, -0.05) is 18.2 Å². The van der Waals surface area contributed by atoms with Gasteiger partial charge in [0, 0.05) is 78.3 Å². The normalized spacial score (nSPS) is 8.62. The van der Waals surface area contributed by atoms with E-state index in [1.165, 1.54) is 0 Å². The van der Waals surface area contributed by atoms with Gasteiger partial charge in [0.1, 0.15) is 11.3 Å². The van der Waals surface area contributed by atoms with E-state index in [4.69, 9.17) is 0 Å². The fourth-order valence-corrected chi connectivity index (χ4v) is 1.09. The van der Waals surface area contributed by atoms with Crippen LogP contribution in [0.2, 0.25) is 0 Å². The fourth-order valence-electron chi connectivity index (χ4n) is 1.09. The molecule has 0 aliphatic heterocycles. The minimum absolute atomic E-state index is 0. The van der Waals surface area contributed by atoms with Crippen LogP contribution < -0.4 is 0 Å². The van der Waals surface area contributed by atoms with Crippen LogP contribution >= 0.6 is 0 Å². The maximum atomic E-state index is 9.31. The smallest absolute Gasteiger partial charge is 0.141 e. The van der Waals surface area contributed by atoms with Crippen molar-refractivity contribution in [2.75, 3.05) is 0 Å². The predicted octanol–water partition coefficient (Wildman–Crippen LogP) is 1.56. The van der Waals surface area contributed by atoms with Crippen molar-refractivity contribution < 1.29 is 54.5 Å². The predicted molar refractivity (Wildman–Crippen MR) is 49.2 cm³/mol. The minimum Gasteiger partial charge on any atom is -0.506 e. The third-order valence-electron chi connectivity index (χ3n) is 1.61. The number of benzene rings is 1. The van der Waals surface area contributed by atoms with Gasteiger partial charge in [0.05, 0.1) is 0 Å². The standard InChI is InChI=1S/C9H7NO.Al.Eu/c11-8-5-1-3-7-4-2-6-10-9(7)8;;/h1-6,11H;;. The zero-order valence-electron chi connectivity index (χ0n) is 6.81. The Balaban J connectivity index is 0.000000720. The zero-order chi connectivity index (χ0) is 7.68. The van der Waals surface area contributed by atoms with Crippen LogP contribution in [0.5, 0.6) is 5.75 Å². The molecule has 64 valence electrons. The SMILES string of the molecule is Oc1cccc2cccnc12.[Al].[Eu]. The minimum atomic E-state index is 0. The van der Waals surface area contributed by atoms with Crippen molar-refractivity contribution in [1.82, 2.24) is 4.98 Å². The van der Waals surface area contributed by atoms with Crippen molar-refractivity contribution in [1.29, 1.82) is 0 Å². The number of aromatic hydroxyl groups is 1. The number of fused-ring (bicyclic) bond motifs is 1.